The van der Waals surface area contributed by atoms with E-state index in [1.165, 1.54) is 12.0 Å². The SMILES string of the molecule is COC(=O)CN(C(=O)NC1COCC1C(=O)O)C(C)C. The first-order chi connectivity index (χ1) is 9.36. The number of hydrogen-bond acceptors (Lipinski definition) is 5. The minimum atomic E-state index is -1.02. The first kappa shape index (κ1) is 16.2. The zero-order chi connectivity index (χ0) is 15.3. The van der Waals surface area contributed by atoms with Crippen molar-refractivity contribution in [2.75, 3.05) is 26.9 Å². The lowest BCUT2D eigenvalue weighted by atomic mass is 10.0. The van der Waals surface area contributed by atoms with E-state index in [1.54, 1.807) is 13.8 Å². The Kier molecular flexibility index (Phi) is 5.75. The molecule has 0 saturated carbocycles. The number of ether oxygens (including phenoxy) is 2. The number of carbonyl (C=O) groups excluding carboxylic acids is 2. The summed E-state index contributed by atoms with van der Waals surface area (Å²) < 4.78 is 9.60. The average Bonchev–Trinajstić information content (AvgIpc) is 2.83. The number of methoxy groups -OCH3 is 1. The van der Waals surface area contributed by atoms with Gasteiger partial charge in [0, 0.05) is 6.04 Å². The third-order valence-corrected chi connectivity index (χ3v) is 3.12. The van der Waals surface area contributed by atoms with Gasteiger partial charge >= 0.3 is 18.0 Å². The molecule has 0 aromatic rings. The summed E-state index contributed by atoms with van der Waals surface area (Å²) in [6, 6.07) is -1.33. The molecule has 2 amide bonds. The van der Waals surface area contributed by atoms with Gasteiger partial charge in [0.2, 0.25) is 0 Å². The lowest BCUT2D eigenvalue weighted by Crippen LogP contribution is -2.52. The summed E-state index contributed by atoms with van der Waals surface area (Å²) in [5.41, 5.74) is 0. The largest absolute Gasteiger partial charge is 0.481 e. The van der Waals surface area contributed by atoms with Crippen molar-refractivity contribution in [3.63, 3.8) is 0 Å². The molecule has 8 nitrogen and oxygen atoms in total. The molecule has 1 saturated heterocycles. The van der Waals surface area contributed by atoms with Crippen molar-refractivity contribution >= 4 is 18.0 Å². The van der Waals surface area contributed by atoms with Gasteiger partial charge in [0.25, 0.3) is 0 Å². The summed E-state index contributed by atoms with van der Waals surface area (Å²) in [4.78, 5) is 35.7. The normalized spacial score (nSPS) is 21.6. The van der Waals surface area contributed by atoms with Gasteiger partial charge in [-0.1, -0.05) is 0 Å². The minimum Gasteiger partial charge on any atom is -0.481 e. The van der Waals surface area contributed by atoms with Crippen LogP contribution in [-0.4, -0.2) is 66.9 Å². The van der Waals surface area contributed by atoms with Gasteiger partial charge in [-0.05, 0) is 13.8 Å². The molecule has 2 unspecified atom stereocenters. The summed E-state index contributed by atoms with van der Waals surface area (Å²) in [6.07, 6.45) is 0. The van der Waals surface area contributed by atoms with E-state index in [0.717, 1.165) is 0 Å². The van der Waals surface area contributed by atoms with Gasteiger partial charge < -0.3 is 24.8 Å². The molecule has 1 fully saturated rings. The van der Waals surface area contributed by atoms with Crippen LogP contribution in [0.2, 0.25) is 0 Å². The van der Waals surface area contributed by atoms with Gasteiger partial charge in [-0.15, -0.1) is 0 Å². The molecule has 2 N–H and O–H groups in total. The van der Waals surface area contributed by atoms with Crippen molar-refractivity contribution in [1.29, 1.82) is 0 Å². The standard InChI is InChI=1S/C12H20N2O6/c1-7(2)14(4-10(15)19-3)12(18)13-9-6-20-5-8(9)11(16)17/h7-9H,4-6H2,1-3H3,(H,13,18)(H,16,17). The van der Waals surface area contributed by atoms with E-state index in [0.29, 0.717) is 0 Å². The van der Waals surface area contributed by atoms with Crippen LogP contribution in [-0.2, 0) is 19.1 Å². The van der Waals surface area contributed by atoms with Crippen molar-refractivity contribution in [2.45, 2.75) is 25.9 Å². The van der Waals surface area contributed by atoms with Crippen LogP contribution in [0.1, 0.15) is 13.8 Å². The van der Waals surface area contributed by atoms with Crippen LogP contribution in [0.3, 0.4) is 0 Å². The Morgan fingerprint density at radius 3 is 2.55 bits per heavy atom. The van der Waals surface area contributed by atoms with Crippen molar-refractivity contribution in [3.05, 3.63) is 0 Å². The predicted octanol–water partition coefficient (Wildman–Crippen LogP) is -0.321. The second kappa shape index (κ2) is 7.09. The van der Waals surface area contributed by atoms with Crippen molar-refractivity contribution in [3.8, 4) is 0 Å². The average molecular weight is 288 g/mol. The van der Waals surface area contributed by atoms with E-state index in [1.807, 2.05) is 0 Å². The summed E-state index contributed by atoms with van der Waals surface area (Å²) in [5.74, 6) is -2.32. The number of hydrogen-bond donors (Lipinski definition) is 2. The van der Waals surface area contributed by atoms with Crippen LogP contribution in [0.5, 0.6) is 0 Å². The van der Waals surface area contributed by atoms with E-state index in [2.05, 4.69) is 10.1 Å². The van der Waals surface area contributed by atoms with Crippen LogP contribution >= 0.6 is 0 Å². The summed E-state index contributed by atoms with van der Waals surface area (Å²) in [7, 11) is 1.24. The van der Waals surface area contributed by atoms with Gasteiger partial charge in [0.05, 0.1) is 26.4 Å². The molecule has 0 aliphatic carbocycles. The number of carbonyl (C=O) groups is 3. The first-order valence-electron chi connectivity index (χ1n) is 6.31. The second-order valence-corrected chi connectivity index (χ2v) is 4.84. The fraction of sp³-hybridized carbons (Fsp3) is 0.750. The Hall–Kier alpha value is -1.83. The Morgan fingerprint density at radius 2 is 2.05 bits per heavy atom. The molecule has 2 atom stereocenters. The van der Waals surface area contributed by atoms with Crippen LogP contribution < -0.4 is 5.32 Å². The lowest BCUT2D eigenvalue weighted by Gasteiger charge is -2.28. The zero-order valence-electron chi connectivity index (χ0n) is 11.8. The maximum absolute atomic E-state index is 12.1. The summed E-state index contributed by atoms with van der Waals surface area (Å²) in [5, 5.41) is 11.6. The maximum atomic E-state index is 12.1. The maximum Gasteiger partial charge on any atom is 0.325 e. The van der Waals surface area contributed by atoms with Gasteiger partial charge in [-0.3, -0.25) is 9.59 Å². The Bertz CT molecular complexity index is 384. The van der Waals surface area contributed by atoms with E-state index in [4.69, 9.17) is 9.84 Å². The predicted molar refractivity (Wildman–Crippen MR) is 68.1 cm³/mol. The summed E-state index contributed by atoms with van der Waals surface area (Å²) in [6.45, 7) is 3.53. The molecule has 1 aliphatic heterocycles. The minimum absolute atomic E-state index is 0.0684. The van der Waals surface area contributed by atoms with E-state index < -0.39 is 29.9 Å². The fourth-order valence-corrected chi connectivity index (χ4v) is 1.87. The quantitative estimate of drug-likeness (QED) is 0.672. The molecule has 8 heteroatoms. The number of rotatable bonds is 5. The topological polar surface area (TPSA) is 105 Å². The fourth-order valence-electron chi connectivity index (χ4n) is 1.87. The molecular formula is C12H20N2O6. The summed E-state index contributed by atoms with van der Waals surface area (Å²) >= 11 is 0. The highest BCUT2D eigenvalue weighted by atomic mass is 16.5. The molecule has 0 bridgehead atoms. The van der Waals surface area contributed by atoms with Crippen molar-refractivity contribution < 1.29 is 29.0 Å². The molecule has 1 aliphatic rings. The van der Waals surface area contributed by atoms with Gasteiger partial charge in [-0.2, -0.15) is 0 Å². The van der Waals surface area contributed by atoms with Gasteiger partial charge in [0.15, 0.2) is 0 Å². The highest BCUT2D eigenvalue weighted by Gasteiger charge is 2.36. The molecule has 114 valence electrons. The second-order valence-electron chi connectivity index (χ2n) is 4.84. The Labute approximate surface area is 117 Å². The number of amides is 2. The van der Waals surface area contributed by atoms with E-state index in [-0.39, 0.29) is 25.8 Å². The number of urea groups is 1. The van der Waals surface area contributed by atoms with E-state index in [9.17, 15) is 14.4 Å². The Morgan fingerprint density at radius 1 is 1.40 bits per heavy atom. The number of carboxylic acids is 1. The molecule has 1 heterocycles. The number of esters is 1. The van der Waals surface area contributed by atoms with E-state index >= 15 is 0 Å². The van der Waals surface area contributed by atoms with Crippen molar-refractivity contribution in [2.24, 2.45) is 5.92 Å². The molecule has 1 rings (SSSR count). The van der Waals surface area contributed by atoms with Crippen LogP contribution in [0.25, 0.3) is 0 Å². The first-order valence-corrected chi connectivity index (χ1v) is 6.31. The highest BCUT2D eigenvalue weighted by Crippen LogP contribution is 2.14. The van der Waals surface area contributed by atoms with Gasteiger partial charge in [0.1, 0.15) is 12.5 Å². The number of nitrogens with one attached hydrogen (secondary N) is 1. The van der Waals surface area contributed by atoms with Crippen LogP contribution in [0, 0.1) is 5.92 Å². The van der Waals surface area contributed by atoms with Gasteiger partial charge in [-0.25, -0.2) is 4.79 Å². The zero-order valence-corrected chi connectivity index (χ0v) is 11.8. The smallest absolute Gasteiger partial charge is 0.325 e. The molecule has 0 aromatic heterocycles. The molecule has 0 spiro atoms. The third kappa shape index (κ3) is 4.09. The molecule has 0 radical (unpaired) electrons. The Balaban J connectivity index is 2.66. The lowest BCUT2D eigenvalue weighted by molar-refractivity contribution is -0.143. The number of aliphatic carboxylic acids is 1. The van der Waals surface area contributed by atoms with Crippen molar-refractivity contribution in [1.82, 2.24) is 10.2 Å². The number of nitrogens with zero attached hydrogens (tertiary/aromatic N) is 1. The monoisotopic (exact) mass is 288 g/mol. The number of carboxylic acid groups (broad SMARTS) is 1. The molecular weight excluding hydrogens is 268 g/mol. The highest BCUT2D eigenvalue weighted by molar-refractivity contribution is 5.82. The third-order valence-electron chi connectivity index (χ3n) is 3.12. The van der Waals surface area contributed by atoms with Crippen LogP contribution in [0.4, 0.5) is 4.79 Å². The van der Waals surface area contributed by atoms with Crippen LogP contribution in [0.15, 0.2) is 0 Å². The molecule has 20 heavy (non-hydrogen) atoms. The molecule has 0 aromatic carbocycles.